The van der Waals surface area contributed by atoms with Crippen LogP contribution in [0.1, 0.15) is 23.2 Å². The summed E-state index contributed by atoms with van der Waals surface area (Å²) in [7, 11) is -3.26. The lowest BCUT2D eigenvalue weighted by Gasteiger charge is -2.32. The first kappa shape index (κ1) is 16.3. The van der Waals surface area contributed by atoms with Gasteiger partial charge in [0.1, 0.15) is 0 Å². The summed E-state index contributed by atoms with van der Waals surface area (Å²) in [5, 5.41) is 0. The predicted octanol–water partition coefficient (Wildman–Crippen LogP) is 1.19. The Labute approximate surface area is 132 Å². The Bertz CT molecular complexity index is 648. The summed E-state index contributed by atoms with van der Waals surface area (Å²) in [5.74, 6) is -0.130. The maximum Gasteiger partial charge on any atom is 0.253 e. The molecule has 0 aliphatic carbocycles. The van der Waals surface area contributed by atoms with E-state index in [1.54, 1.807) is 23.1 Å². The minimum absolute atomic E-state index is 0.130. The van der Waals surface area contributed by atoms with E-state index in [1.807, 2.05) is 0 Å². The molecule has 1 aromatic carbocycles. The van der Waals surface area contributed by atoms with Crippen LogP contribution in [0.2, 0.25) is 0 Å². The van der Waals surface area contributed by atoms with Gasteiger partial charge in [-0.25, -0.2) is 13.1 Å². The third-order valence-corrected chi connectivity index (χ3v) is 4.82. The van der Waals surface area contributed by atoms with Crippen molar-refractivity contribution < 1.29 is 13.2 Å². The molecule has 0 saturated carbocycles. The number of sulfonamides is 1. The van der Waals surface area contributed by atoms with E-state index in [9.17, 15) is 13.2 Å². The number of hydrogen-bond donors (Lipinski definition) is 2. The molecule has 1 amide bonds. The quantitative estimate of drug-likeness (QED) is 0.775. The highest BCUT2D eigenvalue weighted by molar-refractivity contribution is 9.10. The number of halogens is 1. The lowest BCUT2D eigenvalue weighted by Crippen LogP contribution is -2.49. The normalized spacial score (nSPS) is 19.5. The first-order valence-corrected chi connectivity index (χ1v) is 9.26. The van der Waals surface area contributed by atoms with Gasteiger partial charge in [0.05, 0.1) is 6.26 Å². The number of carbonyl (C=O) groups excluding carboxylic acids is 1. The van der Waals surface area contributed by atoms with Crippen LogP contribution < -0.4 is 10.5 Å². The Morgan fingerprint density at radius 1 is 1.48 bits per heavy atom. The van der Waals surface area contributed by atoms with Crippen molar-refractivity contribution in [2.75, 3.05) is 25.1 Å². The molecule has 0 aromatic heterocycles. The number of anilines is 1. The fourth-order valence-electron chi connectivity index (χ4n) is 2.42. The van der Waals surface area contributed by atoms with E-state index in [2.05, 4.69) is 20.7 Å². The summed E-state index contributed by atoms with van der Waals surface area (Å²) in [6, 6.07) is 4.83. The van der Waals surface area contributed by atoms with E-state index in [0.717, 1.165) is 23.6 Å². The molecule has 21 heavy (non-hydrogen) atoms. The van der Waals surface area contributed by atoms with Crippen LogP contribution in [0.15, 0.2) is 22.7 Å². The highest BCUT2D eigenvalue weighted by Gasteiger charge is 2.26. The van der Waals surface area contributed by atoms with Gasteiger partial charge in [0.15, 0.2) is 0 Å². The molecule has 0 radical (unpaired) electrons. The average Bonchev–Trinajstić information content (AvgIpc) is 2.39. The number of nitrogens with two attached hydrogens (primary N) is 1. The largest absolute Gasteiger partial charge is 0.398 e. The molecule has 6 nitrogen and oxygen atoms in total. The molecule has 1 heterocycles. The van der Waals surface area contributed by atoms with Crippen LogP contribution in [0.5, 0.6) is 0 Å². The third-order valence-electron chi connectivity index (χ3n) is 3.33. The number of likely N-dealkylation sites (tertiary alicyclic amines) is 1. The number of piperidine rings is 1. The van der Waals surface area contributed by atoms with E-state index in [1.165, 1.54) is 0 Å². The Balaban J connectivity index is 2.10. The number of carbonyl (C=O) groups is 1. The number of benzene rings is 1. The minimum atomic E-state index is -3.26. The van der Waals surface area contributed by atoms with Crippen LogP contribution in [0, 0.1) is 0 Å². The molecular formula is C13H18BrN3O3S. The van der Waals surface area contributed by atoms with Gasteiger partial charge < -0.3 is 10.6 Å². The van der Waals surface area contributed by atoms with Crippen LogP contribution in [-0.2, 0) is 10.0 Å². The van der Waals surface area contributed by atoms with Crippen LogP contribution in [0.3, 0.4) is 0 Å². The summed E-state index contributed by atoms with van der Waals surface area (Å²) >= 11 is 3.29. The third kappa shape index (κ3) is 4.42. The standard InChI is InChI=1S/C13H18BrN3O3S/c1-21(19,20)16-10-3-2-6-17(8-10)13(18)9-4-5-11(14)12(15)7-9/h4-5,7,10,16H,2-3,6,8,15H2,1H3. The van der Waals surface area contributed by atoms with E-state index >= 15 is 0 Å². The number of amides is 1. The molecule has 0 spiro atoms. The lowest BCUT2D eigenvalue weighted by molar-refractivity contribution is 0.0703. The second-order valence-corrected chi connectivity index (χ2v) is 7.85. The summed E-state index contributed by atoms with van der Waals surface area (Å²) in [4.78, 5) is 14.1. The Morgan fingerprint density at radius 2 is 2.19 bits per heavy atom. The number of nitrogens with one attached hydrogen (secondary N) is 1. The predicted molar refractivity (Wildman–Crippen MR) is 85.5 cm³/mol. The zero-order valence-corrected chi connectivity index (χ0v) is 14.1. The topological polar surface area (TPSA) is 92.5 Å². The van der Waals surface area contributed by atoms with Gasteiger partial charge in [-0.1, -0.05) is 0 Å². The fraction of sp³-hybridized carbons (Fsp3) is 0.462. The zero-order valence-electron chi connectivity index (χ0n) is 11.7. The van der Waals surface area contributed by atoms with Gasteiger partial charge in [0, 0.05) is 34.9 Å². The van der Waals surface area contributed by atoms with Crippen molar-refractivity contribution in [1.29, 1.82) is 0 Å². The van der Waals surface area contributed by atoms with E-state index in [0.29, 0.717) is 24.3 Å². The highest BCUT2D eigenvalue weighted by atomic mass is 79.9. The lowest BCUT2D eigenvalue weighted by atomic mass is 10.1. The molecule has 1 atom stereocenters. The first-order valence-electron chi connectivity index (χ1n) is 6.58. The van der Waals surface area contributed by atoms with Gasteiger partial charge in [-0.15, -0.1) is 0 Å². The molecule has 1 aromatic rings. The Hall–Kier alpha value is -1.12. The molecule has 1 unspecified atom stereocenters. The van der Waals surface area contributed by atoms with Gasteiger partial charge in [-0.3, -0.25) is 4.79 Å². The molecular weight excluding hydrogens is 358 g/mol. The average molecular weight is 376 g/mol. The van der Waals surface area contributed by atoms with Crippen LogP contribution in [0.4, 0.5) is 5.69 Å². The number of rotatable bonds is 3. The van der Waals surface area contributed by atoms with E-state index < -0.39 is 10.0 Å². The monoisotopic (exact) mass is 375 g/mol. The molecule has 1 aliphatic rings. The SMILES string of the molecule is CS(=O)(=O)NC1CCCN(C(=O)c2ccc(Br)c(N)c2)C1. The Kier molecular flexibility index (Phi) is 4.90. The number of nitrogens with zero attached hydrogens (tertiary/aromatic N) is 1. The van der Waals surface area contributed by atoms with Gasteiger partial charge in [-0.05, 0) is 47.0 Å². The zero-order chi connectivity index (χ0) is 15.6. The minimum Gasteiger partial charge on any atom is -0.398 e. The molecule has 116 valence electrons. The van der Waals surface area contributed by atoms with Gasteiger partial charge >= 0.3 is 0 Å². The number of hydrogen-bond acceptors (Lipinski definition) is 4. The Morgan fingerprint density at radius 3 is 2.81 bits per heavy atom. The maximum absolute atomic E-state index is 12.5. The molecule has 1 aliphatic heterocycles. The smallest absolute Gasteiger partial charge is 0.253 e. The van der Waals surface area contributed by atoms with Crippen molar-refractivity contribution in [2.24, 2.45) is 0 Å². The van der Waals surface area contributed by atoms with Crippen molar-refractivity contribution in [1.82, 2.24) is 9.62 Å². The van der Waals surface area contributed by atoms with Crippen molar-refractivity contribution in [3.8, 4) is 0 Å². The number of nitrogen functional groups attached to an aromatic ring is 1. The van der Waals surface area contributed by atoms with Gasteiger partial charge in [0.25, 0.3) is 5.91 Å². The van der Waals surface area contributed by atoms with Gasteiger partial charge in [-0.2, -0.15) is 0 Å². The fourth-order valence-corrected chi connectivity index (χ4v) is 3.46. The molecule has 8 heteroatoms. The van der Waals surface area contributed by atoms with E-state index in [-0.39, 0.29) is 11.9 Å². The second kappa shape index (κ2) is 6.33. The summed E-state index contributed by atoms with van der Waals surface area (Å²) in [5.41, 5.74) is 6.80. The van der Waals surface area contributed by atoms with Crippen LogP contribution in [0.25, 0.3) is 0 Å². The van der Waals surface area contributed by atoms with Crippen molar-refractivity contribution in [3.05, 3.63) is 28.2 Å². The molecule has 3 N–H and O–H groups in total. The molecule has 1 fully saturated rings. The van der Waals surface area contributed by atoms with Crippen LogP contribution in [-0.4, -0.2) is 44.6 Å². The molecule has 1 saturated heterocycles. The maximum atomic E-state index is 12.5. The summed E-state index contributed by atoms with van der Waals surface area (Å²) in [6.07, 6.45) is 2.63. The highest BCUT2D eigenvalue weighted by Crippen LogP contribution is 2.22. The second-order valence-electron chi connectivity index (χ2n) is 5.22. The first-order chi connectivity index (χ1) is 9.76. The van der Waals surface area contributed by atoms with Gasteiger partial charge in [0.2, 0.25) is 10.0 Å². The van der Waals surface area contributed by atoms with Crippen molar-refractivity contribution in [3.63, 3.8) is 0 Å². The molecule has 0 bridgehead atoms. The summed E-state index contributed by atoms with van der Waals surface area (Å²) < 4.78 is 25.9. The van der Waals surface area contributed by atoms with Crippen molar-refractivity contribution in [2.45, 2.75) is 18.9 Å². The summed E-state index contributed by atoms with van der Waals surface area (Å²) in [6.45, 7) is 0.999. The van der Waals surface area contributed by atoms with Crippen LogP contribution >= 0.6 is 15.9 Å². The van der Waals surface area contributed by atoms with E-state index in [4.69, 9.17) is 5.73 Å². The molecule has 2 rings (SSSR count). The van der Waals surface area contributed by atoms with Crippen molar-refractivity contribution >= 4 is 37.5 Å².